The minimum absolute atomic E-state index is 0.0806. The molecule has 0 unspecified atom stereocenters. The first-order valence-electron chi connectivity index (χ1n) is 8.32. The van der Waals surface area contributed by atoms with E-state index in [-0.39, 0.29) is 22.4 Å². The number of hydrogen-bond donors (Lipinski definition) is 3. The van der Waals surface area contributed by atoms with E-state index >= 15 is 0 Å². The fourth-order valence-corrected chi connectivity index (χ4v) is 3.72. The standard InChI is InChI=1S/C18H37N3OS/c1-15(2,3)11-17(6,7)20-13(22)16(4,5)12-18(8,9)21-14(23)19-10/h11-12H2,1-10H3,(H,20,22)(H2,19,21,23). The van der Waals surface area contributed by atoms with E-state index < -0.39 is 5.41 Å². The predicted molar refractivity (Wildman–Crippen MR) is 104 cm³/mol. The summed E-state index contributed by atoms with van der Waals surface area (Å²) in [6, 6.07) is 0. The highest BCUT2D eigenvalue weighted by molar-refractivity contribution is 7.80. The molecule has 0 saturated heterocycles. The van der Waals surface area contributed by atoms with Crippen LogP contribution in [0.3, 0.4) is 0 Å². The van der Waals surface area contributed by atoms with Crippen LogP contribution in [0.5, 0.6) is 0 Å². The van der Waals surface area contributed by atoms with Crippen molar-refractivity contribution in [2.24, 2.45) is 10.8 Å². The van der Waals surface area contributed by atoms with Gasteiger partial charge in [-0.1, -0.05) is 34.6 Å². The SMILES string of the molecule is CNC(=S)NC(C)(C)CC(C)(C)C(=O)NC(C)(C)CC(C)(C)C. The summed E-state index contributed by atoms with van der Waals surface area (Å²) in [6.07, 6.45) is 1.60. The van der Waals surface area contributed by atoms with Crippen molar-refractivity contribution < 1.29 is 4.79 Å². The zero-order valence-corrected chi connectivity index (χ0v) is 17.5. The van der Waals surface area contributed by atoms with Gasteiger partial charge in [-0.05, 0) is 58.2 Å². The van der Waals surface area contributed by atoms with Crippen LogP contribution in [0.1, 0.15) is 75.2 Å². The molecular weight excluding hydrogens is 306 g/mol. The summed E-state index contributed by atoms with van der Waals surface area (Å²) < 4.78 is 0. The minimum atomic E-state index is -0.491. The van der Waals surface area contributed by atoms with Crippen LogP contribution < -0.4 is 16.0 Å². The lowest BCUT2D eigenvalue weighted by atomic mass is 9.77. The van der Waals surface area contributed by atoms with Gasteiger partial charge in [-0.2, -0.15) is 0 Å². The Morgan fingerprint density at radius 3 is 1.65 bits per heavy atom. The quantitative estimate of drug-likeness (QED) is 0.645. The van der Waals surface area contributed by atoms with Crippen LogP contribution in [0.4, 0.5) is 0 Å². The maximum atomic E-state index is 12.8. The molecule has 0 spiro atoms. The first-order chi connectivity index (χ1) is 10.00. The number of thiocarbonyl (C=S) groups is 1. The molecule has 23 heavy (non-hydrogen) atoms. The van der Waals surface area contributed by atoms with E-state index in [0.29, 0.717) is 11.5 Å². The molecular formula is C18H37N3OS. The Labute approximate surface area is 148 Å². The van der Waals surface area contributed by atoms with Crippen molar-refractivity contribution in [3.63, 3.8) is 0 Å². The van der Waals surface area contributed by atoms with E-state index in [4.69, 9.17) is 12.2 Å². The normalized spacial score (nSPS) is 13.5. The lowest BCUT2D eigenvalue weighted by Gasteiger charge is -2.39. The number of nitrogens with one attached hydrogen (secondary N) is 3. The van der Waals surface area contributed by atoms with Gasteiger partial charge in [-0.15, -0.1) is 0 Å². The number of carbonyl (C=O) groups excluding carboxylic acids is 1. The van der Waals surface area contributed by atoms with Gasteiger partial charge in [0, 0.05) is 23.5 Å². The summed E-state index contributed by atoms with van der Waals surface area (Å²) in [5.41, 5.74) is -0.824. The molecule has 0 aliphatic carbocycles. The summed E-state index contributed by atoms with van der Waals surface area (Å²) >= 11 is 5.18. The minimum Gasteiger partial charge on any atom is -0.366 e. The average Bonchev–Trinajstić information content (AvgIpc) is 2.21. The second-order valence-corrected chi connectivity index (χ2v) is 10.1. The molecule has 0 heterocycles. The van der Waals surface area contributed by atoms with E-state index in [2.05, 4.69) is 64.4 Å². The van der Waals surface area contributed by atoms with Crippen molar-refractivity contribution in [2.45, 2.75) is 86.2 Å². The number of amides is 1. The third-order valence-electron chi connectivity index (χ3n) is 3.60. The lowest BCUT2D eigenvalue weighted by molar-refractivity contribution is -0.132. The highest BCUT2D eigenvalue weighted by atomic mass is 32.1. The number of rotatable bonds is 6. The summed E-state index contributed by atoms with van der Waals surface area (Å²) in [6.45, 7) is 18.9. The smallest absolute Gasteiger partial charge is 0.226 e. The summed E-state index contributed by atoms with van der Waals surface area (Å²) in [4.78, 5) is 12.8. The molecule has 1 amide bonds. The molecule has 0 aliphatic rings. The van der Waals surface area contributed by atoms with Gasteiger partial charge in [-0.25, -0.2) is 0 Å². The molecule has 0 aromatic heterocycles. The van der Waals surface area contributed by atoms with Crippen molar-refractivity contribution in [3.8, 4) is 0 Å². The Kier molecular flexibility index (Phi) is 7.10. The molecule has 4 nitrogen and oxygen atoms in total. The van der Waals surface area contributed by atoms with Crippen LogP contribution >= 0.6 is 12.2 Å². The highest BCUT2D eigenvalue weighted by Crippen LogP contribution is 2.31. The Balaban J connectivity index is 4.93. The van der Waals surface area contributed by atoms with Crippen molar-refractivity contribution in [3.05, 3.63) is 0 Å². The molecule has 0 fully saturated rings. The van der Waals surface area contributed by atoms with Crippen molar-refractivity contribution in [2.75, 3.05) is 7.05 Å². The third kappa shape index (κ3) is 9.14. The molecule has 0 aliphatic heterocycles. The molecule has 5 heteroatoms. The second kappa shape index (κ2) is 7.37. The van der Waals surface area contributed by atoms with Crippen molar-refractivity contribution >= 4 is 23.2 Å². The van der Waals surface area contributed by atoms with Gasteiger partial charge in [0.25, 0.3) is 0 Å². The summed E-state index contributed by atoms with van der Waals surface area (Å²) in [5, 5.41) is 10.0. The van der Waals surface area contributed by atoms with Crippen LogP contribution in [-0.2, 0) is 4.79 Å². The van der Waals surface area contributed by atoms with Crippen LogP contribution in [0.15, 0.2) is 0 Å². The third-order valence-corrected chi connectivity index (χ3v) is 3.91. The Morgan fingerprint density at radius 1 is 0.826 bits per heavy atom. The largest absolute Gasteiger partial charge is 0.366 e. The van der Waals surface area contributed by atoms with E-state index in [1.165, 1.54) is 0 Å². The van der Waals surface area contributed by atoms with E-state index in [1.807, 2.05) is 13.8 Å². The van der Waals surface area contributed by atoms with Gasteiger partial charge in [0.05, 0.1) is 0 Å². The average molecular weight is 344 g/mol. The Morgan fingerprint density at radius 2 is 1.26 bits per heavy atom. The molecule has 3 N–H and O–H groups in total. The number of hydrogen-bond acceptors (Lipinski definition) is 2. The van der Waals surface area contributed by atoms with Gasteiger partial charge in [0.2, 0.25) is 5.91 Å². The monoisotopic (exact) mass is 343 g/mol. The first-order valence-corrected chi connectivity index (χ1v) is 8.73. The van der Waals surface area contributed by atoms with Gasteiger partial charge >= 0.3 is 0 Å². The number of carbonyl (C=O) groups is 1. The van der Waals surface area contributed by atoms with E-state index in [0.717, 1.165) is 6.42 Å². The maximum Gasteiger partial charge on any atom is 0.226 e. The Hall–Kier alpha value is -0.840. The fraction of sp³-hybridized carbons (Fsp3) is 0.889. The molecule has 0 radical (unpaired) electrons. The summed E-state index contributed by atoms with van der Waals surface area (Å²) in [7, 11) is 1.79. The van der Waals surface area contributed by atoms with Crippen molar-refractivity contribution in [1.82, 2.24) is 16.0 Å². The molecule has 0 atom stereocenters. The van der Waals surface area contributed by atoms with Crippen LogP contribution in [0.25, 0.3) is 0 Å². The Bertz CT molecular complexity index is 434. The van der Waals surface area contributed by atoms with E-state index in [9.17, 15) is 4.79 Å². The van der Waals surface area contributed by atoms with Crippen molar-refractivity contribution in [1.29, 1.82) is 0 Å². The molecule has 0 aromatic rings. The summed E-state index contributed by atoms with van der Waals surface area (Å²) in [5.74, 6) is 0.0806. The van der Waals surface area contributed by atoms with E-state index in [1.54, 1.807) is 7.05 Å². The van der Waals surface area contributed by atoms with Crippen LogP contribution in [0, 0.1) is 10.8 Å². The molecule has 0 bridgehead atoms. The topological polar surface area (TPSA) is 53.2 Å². The van der Waals surface area contributed by atoms with Gasteiger partial charge in [-0.3, -0.25) is 4.79 Å². The highest BCUT2D eigenvalue weighted by Gasteiger charge is 2.38. The zero-order chi connectivity index (χ0) is 18.7. The molecule has 0 aromatic carbocycles. The molecule has 0 saturated carbocycles. The van der Waals surface area contributed by atoms with Gasteiger partial charge in [0.15, 0.2) is 5.11 Å². The lowest BCUT2D eigenvalue weighted by Crippen LogP contribution is -2.55. The van der Waals surface area contributed by atoms with Gasteiger partial charge in [0.1, 0.15) is 0 Å². The van der Waals surface area contributed by atoms with Crippen LogP contribution in [0.2, 0.25) is 0 Å². The fourth-order valence-electron chi connectivity index (χ4n) is 3.45. The van der Waals surface area contributed by atoms with Gasteiger partial charge < -0.3 is 16.0 Å². The second-order valence-electron chi connectivity index (χ2n) is 9.72. The van der Waals surface area contributed by atoms with Crippen LogP contribution in [-0.4, -0.2) is 29.1 Å². The molecule has 0 rings (SSSR count). The zero-order valence-electron chi connectivity index (χ0n) is 16.7. The maximum absolute atomic E-state index is 12.8. The molecule has 136 valence electrons. The first kappa shape index (κ1) is 22.2. The predicted octanol–water partition coefficient (Wildman–Crippen LogP) is 3.61.